The van der Waals surface area contributed by atoms with Gasteiger partial charge in [-0.3, -0.25) is 0 Å². The highest BCUT2D eigenvalue weighted by Crippen LogP contribution is 2.23. The molecule has 102 valence electrons. The summed E-state index contributed by atoms with van der Waals surface area (Å²) in [6, 6.07) is 7.05. The molecule has 1 atom stereocenters. The first-order valence-electron chi connectivity index (χ1n) is 7.60. The average Bonchev–Trinajstić information content (AvgIpc) is 2.42. The monoisotopic (exact) mass is 247 g/mol. The third kappa shape index (κ3) is 4.45. The number of unbranched alkanes of at least 4 members (excludes halogenated alkanes) is 3. The number of hydrogen-bond acceptors (Lipinski definition) is 1. The van der Waals surface area contributed by atoms with Gasteiger partial charge in [0.1, 0.15) is 0 Å². The van der Waals surface area contributed by atoms with Crippen LogP contribution < -0.4 is 5.73 Å². The van der Waals surface area contributed by atoms with Crippen LogP contribution in [0.1, 0.15) is 75.6 Å². The van der Waals surface area contributed by atoms with Crippen LogP contribution >= 0.6 is 0 Å². The standard InChI is InChI=1S/C17H29N/c1-4-7-8-9-10-17(18)16-13-14(5-2)11-12-15(16)6-3/h11-13,17H,4-10,18H2,1-3H3. The molecule has 0 saturated carbocycles. The minimum absolute atomic E-state index is 0.225. The molecular formula is C17H29N. The fourth-order valence-corrected chi connectivity index (χ4v) is 2.48. The Labute approximate surface area is 113 Å². The Bertz CT molecular complexity index is 343. The summed E-state index contributed by atoms with van der Waals surface area (Å²) in [5.74, 6) is 0. The van der Waals surface area contributed by atoms with Gasteiger partial charge in [-0.05, 0) is 36.0 Å². The topological polar surface area (TPSA) is 26.0 Å². The molecule has 1 nitrogen and oxygen atoms in total. The van der Waals surface area contributed by atoms with Gasteiger partial charge in [-0.15, -0.1) is 0 Å². The van der Waals surface area contributed by atoms with E-state index >= 15 is 0 Å². The van der Waals surface area contributed by atoms with Gasteiger partial charge in [-0.25, -0.2) is 0 Å². The van der Waals surface area contributed by atoms with E-state index in [1.807, 2.05) is 0 Å². The number of aryl methyl sites for hydroxylation is 2. The van der Waals surface area contributed by atoms with Crippen LogP contribution in [0.25, 0.3) is 0 Å². The fourth-order valence-electron chi connectivity index (χ4n) is 2.48. The van der Waals surface area contributed by atoms with E-state index in [-0.39, 0.29) is 6.04 Å². The third-order valence-corrected chi connectivity index (χ3v) is 3.77. The van der Waals surface area contributed by atoms with Crippen LogP contribution in [-0.4, -0.2) is 0 Å². The molecule has 2 N–H and O–H groups in total. The number of hydrogen-bond donors (Lipinski definition) is 1. The normalized spacial score (nSPS) is 12.7. The van der Waals surface area contributed by atoms with Gasteiger partial charge in [0.2, 0.25) is 0 Å². The van der Waals surface area contributed by atoms with Gasteiger partial charge in [-0.2, -0.15) is 0 Å². The quantitative estimate of drug-likeness (QED) is 0.657. The van der Waals surface area contributed by atoms with Crippen LogP contribution in [-0.2, 0) is 12.8 Å². The lowest BCUT2D eigenvalue weighted by molar-refractivity contribution is 0.563. The van der Waals surface area contributed by atoms with Crippen molar-refractivity contribution in [2.24, 2.45) is 5.73 Å². The van der Waals surface area contributed by atoms with Crippen LogP contribution in [0.2, 0.25) is 0 Å². The SMILES string of the molecule is CCCCCCC(N)c1cc(CC)ccc1CC. The lowest BCUT2D eigenvalue weighted by atomic mass is 9.93. The molecule has 1 aromatic rings. The number of rotatable bonds is 8. The fraction of sp³-hybridized carbons (Fsp3) is 0.647. The van der Waals surface area contributed by atoms with E-state index in [0.717, 1.165) is 19.3 Å². The molecule has 1 aromatic carbocycles. The van der Waals surface area contributed by atoms with Crippen LogP contribution in [0.5, 0.6) is 0 Å². The Balaban J connectivity index is 2.66. The predicted octanol–water partition coefficient (Wildman–Crippen LogP) is 4.78. The maximum absolute atomic E-state index is 6.38. The summed E-state index contributed by atoms with van der Waals surface area (Å²) in [5, 5.41) is 0. The summed E-state index contributed by atoms with van der Waals surface area (Å²) in [5.41, 5.74) is 10.6. The molecule has 0 aliphatic heterocycles. The highest BCUT2D eigenvalue weighted by atomic mass is 14.6. The van der Waals surface area contributed by atoms with E-state index in [0.29, 0.717) is 0 Å². The van der Waals surface area contributed by atoms with Crippen molar-refractivity contribution in [3.8, 4) is 0 Å². The molecule has 0 amide bonds. The molecule has 0 spiro atoms. The second kappa shape index (κ2) is 8.31. The lowest BCUT2D eigenvalue weighted by Crippen LogP contribution is -2.13. The van der Waals surface area contributed by atoms with Crippen molar-refractivity contribution in [3.05, 3.63) is 34.9 Å². The Hall–Kier alpha value is -0.820. The molecule has 0 bridgehead atoms. The van der Waals surface area contributed by atoms with E-state index in [1.165, 1.54) is 42.4 Å². The van der Waals surface area contributed by atoms with Gasteiger partial charge in [0.05, 0.1) is 0 Å². The lowest BCUT2D eigenvalue weighted by Gasteiger charge is -2.17. The summed E-state index contributed by atoms with van der Waals surface area (Å²) in [6.45, 7) is 6.67. The zero-order valence-electron chi connectivity index (χ0n) is 12.3. The van der Waals surface area contributed by atoms with Crippen molar-refractivity contribution in [2.75, 3.05) is 0 Å². The Kier molecular flexibility index (Phi) is 7.04. The highest BCUT2D eigenvalue weighted by molar-refractivity contribution is 5.34. The van der Waals surface area contributed by atoms with Gasteiger partial charge in [0, 0.05) is 6.04 Å². The predicted molar refractivity (Wildman–Crippen MR) is 80.9 cm³/mol. The zero-order valence-corrected chi connectivity index (χ0v) is 12.3. The van der Waals surface area contributed by atoms with Crippen molar-refractivity contribution >= 4 is 0 Å². The molecule has 1 heteroatoms. The first-order chi connectivity index (χ1) is 8.72. The number of benzene rings is 1. The minimum atomic E-state index is 0.225. The first kappa shape index (κ1) is 15.2. The molecule has 0 fully saturated rings. The molecule has 0 aliphatic carbocycles. The summed E-state index contributed by atoms with van der Waals surface area (Å²) < 4.78 is 0. The van der Waals surface area contributed by atoms with E-state index in [1.54, 1.807) is 0 Å². The van der Waals surface area contributed by atoms with Gasteiger partial charge >= 0.3 is 0 Å². The van der Waals surface area contributed by atoms with Crippen molar-refractivity contribution in [3.63, 3.8) is 0 Å². The van der Waals surface area contributed by atoms with Crippen molar-refractivity contribution in [1.29, 1.82) is 0 Å². The van der Waals surface area contributed by atoms with Crippen LogP contribution in [0.4, 0.5) is 0 Å². The molecule has 1 unspecified atom stereocenters. The maximum Gasteiger partial charge on any atom is 0.0297 e. The summed E-state index contributed by atoms with van der Waals surface area (Å²) in [4.78, 5) is 0. The zero-order chi connectivity index (χ0) is 13.4. The summed E-state index contributed by atoms with van der Waals surface area (Å²) >= 11 is 0. The first-order valence-corrected chi connectivity index (χ1v) is 7.60. The second-order valence-corrected chi connectivity index (χ2v) is 5.20. The second-order valence-electron chi connectivity index (χ2n) is 5.20. The molecule has 0 radical (unpaired) electrons. The van der Waals surface area contributed by atoms with Crippen LogP contribution in [0, 0.1) is 0 Å². The molecule has 18 heavy (non-hydrogen) atoms. The van der Waals surface area contributed by atoms with Gasteiger partial charge < -0.3 is 5.73 Å². The molecule has 0 saturated heterocycles. The van der Waals surface area contributed by atoms with E-state index in [4.69, 9.17) is 5.73 Å². The minimum Gasteiger partial charge on any atom is -0.324 e. The average molecular weight is 247 g/mol. The van der Waals surface area contributed by atoms with Gasteiger partial charge in [0.25, 0.3) is 0 Å². The largest absolute Gasteiger partial charge is 0.324 e. The van der Waals surface area contributed by atoms with Crippen molar-refractivity contribution in [2.45, 2.75) is 71.8 Å². The van der Waals surface area contributed by atoms with E-state index in [9.17, 15) is 0 Å². The van der Waals surface area contributed by atoms with Crippen molar-refractivity contribution in [1.82, 2.24) is 0 Å². The summed E-state index contributed by atoms with van der Waals surface area (Å²) in [7, 11) is 0. The number of nitrogens with two attached hydrogens (primary N) is 1. The molecule has 1 rings (SSSR count). The summed E-state index contributed by atoms with van der Waals surface area (Å²) in [6.07, 6.45) is 8.51. The van der Waals surface area contributed by atoms with Gasteiger partial charge in [0.15, 0.2) is 0 Å². The molecule has 0 aliphatic rings. The Morgan fingerprint density at radius 3 is 2.39 bits per heavy atom. The third-order valence-electron chi connectivity index (χ3n) is 3.77. The van der Waals surface area contributed by atoms with Crippen LogP contribution in [0.15, 0.2) is 18.2 Å². The maximum atomic E-state index is 6.38. The Morgan fingerprint density at radius 1 is 1.00 bits per heavy atom. The molecule has 0 aromatic heterocycles. The molecule has 0 heterocycles. The van der Waals surface area contributed by atoms with Gasteiger partial charge in [-0.1, -0.05) is 64.7 Å². The Morgan fingerprint density at radius 2 is 1.78 bits per heavy atom. The molecular weight excluding hydrogens is 218 g/mol. The van der Waals surface area contributed by atoms with E-state index < -0.39 is 0 Å². The van der Waals surface area contributed by atoms with E-state index in [2.05, 4.69) is 39.0 Å². The highest BCUT2D eigenvalue weighted by Gasteiger charge is 2.10. The smallest absolute Gasteiger partial charge is 0.0297 e. The van der Waals surface area contributed by atoms with Crippen LogP contribution in [0.3, 0.4) is 0 Å². The van der Waals surface area contributed by atoms with Crippen molar-refractivity contribution < 1.29 is 0 Å².